The second-order valence-electron chi connectivity index (χ2n) is 18.9. The van der Waals surface area contributed by atoms with Crippen LogP contribution in [0.1, 0.15) is 70.3 Å². The number of unbranched alkanes of at least 4 members (excludes halogenated alkanes) is 5. The van der Waals surface area contributed by atoms with E-state index in [4.69, 9.17) is 20.1 Å². The van der Waals surface area contributed by atoms with Crippen LogP contribution in [0.15, 0.2) is 59.8 Å². The van der Waals surface area contributed by atoms with Crippen LogP contribution in [0.2, 0.25) is 0 Å². The van der Waals surface area contributed by atoms with Crippen LogP contribution >= 0.6 is 0 Å². The highest BCUT2D eigenvalue weighted by atomic mass is 16.4. The lowest BCUT2D eigenvalue weighted by Gasteiger charge is -2.32. The van der Waals surface area contributed by atoms with Crippen LogP contribution in [0.4, 0.5) is 28.3 Å². The van der Waals surface area contributed by atoms with Crippen molar-refractivity contribution in [2.45, 2.75) is 83.2 Å². The van der Waals surface area contributed by atoms with Gasteiger partial charge in [-0.05, 0) is 103 Å². The molecule has 1 aromatic carbocycles. The minimum absolute atomic E-state index is 0.0234. The van der Waals surface area contributed by atoms with E-state index in [-0.39, 0.29) is 55.3 Å². The summed E-state index contributed by atoms with van der Waals surface area (Å²) in [5.74, 6) is -1.04. The second-order valence-corrected chi connectivity index (χ2v) is 18.9. The molecule has 0 aliphatic carbocycles. The van der Waals surface area contributed by atoms with Crippen molar-refractivity contribution in [1.82, 2.24) is 50.9 Å². The fourth-order valence-electron chi connectivity index (χ4n) is 8.15. The molecular weight excluding hydrogens is 931 g/mol. The summed E-state index contributed by atoms with van der Waals surface area (Å²) in [6.45, 7) is 7.29. The standard InChI is InChI=1S/C49H79N13O10/c1-35(52-30-38(64)27-49(34-63)28-39(65)32-60(3)20-21-61(4)33-40(66)29-49)26-36-14-16-37(17-15-36)54-46-56-45(57-47(58-46)62-24-22-59(2)23-25-62)51-19-10-7-5-6-8-13-42(67)50-18-11-9-12-41(44(70)71)55-48(72)53-31-43(68)69/h14-17,27-29,35,41,52,63-66H,5-13,18-26,30-34H2,1-4H3,(H,50,67)(H,68,69)(H,70,71)(H2,53,55,72)(H2,51,54,56,57,58)/b38-27+,39-28+,40-29?/t35?,41-,49?/m0/s1. The molecule has 72 heavy (non-hydrogen) atoms. The van der Waals surface area contributed by atoms with Crippen molar-refractivity contribution >= 4 is 47.4 Å². The molecule has 23 heteroatoms. The molecule has 2 unspecified atom stereocenters. The van der Waals surface area contributed by atoms with Crippen LogP contribution < -0.4 is 36.8 Å². The smallest absolute Gasteiger partial charge is 0.326 e. The highest BCUT2D eigenvalue weighted by Gasteiger charge is 2.27. The van der Waals surface area contributed by atoms with Crippen LogP contribution in [0, 0.1) is 5.41 Å². The van der Waals surface area contributed by atoms with Gasteiger partial charge in [-0.3, -0.25) is 19.4 Å². The first-order chi connectivity index (χ1) is 34.4. The largest absolute Gasteiger partial charge is 0.511 e. The first-order valence-corrected chi connectivity index (χ1v) is 24.9. The van der Waals surface area contributed by atoms with Crippen molar-refractivity contribution in [1.29, 1.82) is 0 Å². The molecule has 400 valence electrons. The molecule has 4 rings (SSSR count). The van der Waals surface area contributed by atoms with Crippen molar-refractivity contribution in [2.75, 3.05) is 122 Å². The molecule has 0 saturated carbocycles. The number of nitrogens with one attached hydrogen (secondary N) is 6. The van der Waals surface area contributed by atoms with E-state index in [1.165, 1.54) is 18.2 Å². The number of aliphatic hydroxyl groups excluding tert-OH is 4. The molecule has 0 radical (unpaired) electrons. The third-order valence-electron chi connectivity index (χ3n) is 12.2. The minimum atomic E-state index is -1.31. The van der Waals surface area contributed by atoms with Gasteiger partial charge in [-0.2, -0.15) is 15.0 Å². The van der Waals surface area contributed by atoms with E-state index in [1.54, 1.807) is 0 Å². The van der Waals surface area contributed by atoms with Crippen LogP contribution in [0.25, 0.3) is 0 Å². The predicted molar refractivity (Wildman–Crippen MR) is 276 cm³/mol. The van der Waals surface area contributed by atoms with Gasteiger partial charge >= 0.3 is 18.0 Å². The van der Waals surface area contributed by atoms with Crippen LogP contribution in [0.5, 0.6) is 0 Å². The summed E-state index contributed by atoms with van der Waals surface area (Å²) >= 11 is 0. The van der Waals surface area contributed by atoms with Gasteiger partial charge < -0.3 is 72.3 Å². The maximum Gasteiger partial charge on any atom is 0.326 e. The number of rotatable bonds is 28. The Hall–Kier alpha value is -6.27. The summed E-state index contributed by atoms with van der Waals surface area (Å²) in [4.78, 5) is 68.7. The predicted octanol–water partition coefficient (Wildman–Crippen LogP) is 2.95. The Labute approximate surface area is 422 Å². The quantitative estimate of drug-likeness (QED) is 0.0431. The van der Waals surface area contributed by atoms with E-state index in [2.05, 4.69) is 48.7 Å². The van der Waals surface area contributed by atoms with Crippen molar-refractivity contribution < 1.29 is 49.8 Å². The number of aliphatic carboxylic acids is 2. The number of anilines is 4. The minimum Gasteiger partial charge on any atom is -0.511 e. The van der Waals surface area contributed by atoms with Gasteiger partial charge in [-0.1, -0.05) is 31.4 Å². The Morgan fingerprint density at radius 1 is 0.736 bits per heavy atom. The number of aliphatic hydroxyl groups is 4. The van der Waals surface area contributed by atoms with Gasteiger partial charge in [0, 0.05) is 70.5 Å². The molecule has 1 aromatic heterocycles. The molecule has 3 atom stereocenters. The van der Waals surface area contributed by atoms with E-state index >= 15 is 0 Å². The topological polar surface area (TPSA) is 313 Å². The highest BCUT2D eigenvalue weighted by Crippen LogP contribution is 2.28. The molecule has 2 aromatic rings. The van der Waals surface area contributed by atoms with E-state index in [0.717, 1.165) is 69.5 Å². The first-order valence-electron chi connectivity index (χ1n) is 24.9. The Bertz CT molecular complexity index is 2090. The van der Waals surface area contributed by atoms with Crippen LogP contribution in [0.3, 0.4) is 0 Å². The fourth-order valence-corrected chi connectivity index (χ4v) is 8.15. The van der Waals surface area contributed by atoms with Gasteiger partial charge in [-0.15, -0.1) is 0 Å². The number of carbonyl (C=O) groups excluding carboxylic acids is 2. The summed E-state index contributed by atoms with van der Waals surface area (Å²) in [5, 5.41) is 78.2. The average Bonchev–Trinajstić information content (AvgIpc) is 3.34. The number of hydrogen-bond donors (Lipinski definition) is 12. The van der Waals surface area contributed by atoms with Crippen LogP contribution in [-0.2, 0) is 20.8 Å². The second kappa shape index (κ2) is 30.6. The van der Waals surface area contributed by atoms with Crippen molar-refractivity contribution in [3.05, 3.63) is 65.3 Å². The maximum atomic E-state index is 12.3. The van der Waals surface area contributed by atoms with E-state index < -0.39 is 42.6 Å². The van der Waals surface area contributed by atoms with E-state index in [1.807, 2.05) is 55.1 Å². The number of nitrogens with zero attached hydrogens (tertiary/aromatic N) is 7. The van der Waals surface area contributed by atoms with Gasteiger partial charge in [0.25, 0.3) is 0 Å². The van der Waals surface area contributed by atoms with Gasteiger partial charge in [0.05, 0.1) is 31.7 Å². The number of urea groups is 1. The Morgan fingerprint density at radius 2 is 1.35 bits per heavy atom. The van der Waals surface area contributed by atoms with Crippen molar-refractivity contribution in [3.63, 3.8) is 0 Å². The maximum absolute atomic E-state index is 12.3. The molecule has 12 N–H and O–H groups in total. The Morgan fingerprint density at radius 3 is 1.99 bits per heavy atom. The third kappa shape index (κ3) is 22.4. The molecule has 1 saturated heterocycles. The summed E-state index contributed by atoms with van der Waals surface area (Å²) < 4.78 is 0. The average molecular weight is 1010 g/mol. The first kappa shape index (κ1) is 58.3. The van der Waals surface area contributed by atoms with E-state index in [0.29, 0.717) is 69.7 Å². The summed E-state index contributed by atoms with van der Waals surface area (Å²) in [6.07, 6.45) is 11.0. The number of hydrogen-bond acceptors (Lipinski definition) is 18. The molecule has 0 bridgehead atoms. The zero-order chi connectivity index (χ0) is 52.5. The lowest BCUT2D eigenvalue weighted by atomic mass is 9.86. The lowest BCUT2D eigenvalue weighted by molar-refractivity contribution is -0.139. The van der Waals surface area contributed by atoms with Gasteiger partial charge in [-0.25, -0.2) is 9.59 Å². The number of amides is 3. The van der Waals surface area contributed by atoms with Crippen molar-refractivity contribution in [3.8, 4) is 0 Å². The third-order valence-corrected chi connectivity index (χ3v) is 12.2. The summed E-state index contributed by atoms with van der Waals surface area (Å²) in [7, 11) is 5.86. The monoisotopic (exact) mass is 1010 g/mol. The van der Waals surface area contributed by atoms with Gasteiger partial charge in [0.15, 0.2) is 0 Å². The number of carboxylic acid groups (broad SMARTS) is 2. The molecule has 0 spiro atoms. The summed E-state index contributed by atoms with van der Waals surface area (Å²) in [6, 6.07) is 5.89. The number of likely N-dealkylation sites (N-methyl/N-ethyl adjacent to an activating group) is 3. The number of benzene rings is 1. The molecular formula is C49H79N13O10. The molecule has 1 fully saturated rings. The molecule has 2 aliphatic heterocycles. The molecule has 2 aliphatic rings. The number of carbonyl (C=O) groups is 4. The normalized spacial score (nSPS) is 19.2. The molecule has 3 amide bonds. The number of carboxylic acids is 2. The van der Waals surface area contributed by atoms with Crippen LogP contribution in [-0.4, -0.2) is 203 Å². The Kier molecular flexibility index (Phi) is 24.8. The number of aromatic nitrogens is 3. The van der Waals surface area contributed by atoms with E-state index in [9.17, 15) is 44.7 Å². The van der Waals surface area contributed by atoms with Gasteiger partial charge in [0.2, 0.25) is 23.8 Å². The van der Waals surface area contributed by atoms with Crippen molar-refractivity contribution in [2.24, 2.45) is 5.41 Å². The molecule has 3 heterocycles. The van der Waals surface area contributed by atoms with Gasteiger partial charge in [0.1, 0.15) is 29.9 Å². The number of piperazine rings is 1. The zero-order valence-corrected chi connectivity index (χ0v) is 42.4. The fraction of sp³-hybridized carbons (Fsp3) is 0.612. The molecule has 23 nitrogen and oxygen atoms in total. The zero-order valence-electron chi connectivity index (χ0n) is 42.4. The lowest BCUT2D eigenvalue weighted by Crippen LogP contribution is -2.47. The summed E-state index contributed by atoms with van der Waals surface area (Å²) in [5.41, 5.74) is 0.553. The highest BCUT2D eigenvalue weighted by molar-refractivity contribution is 5.84. The Balaban J connectivity index is 1.21. The SMILES string of the molecule is CC(Cc1ccc(Nc2nc(NCCCCCCCC(=O)NCCCC[C@H](NC(=O)NCC(=O)O)C(=O)O)nc(N3CCN(C)CC3)n2)cc1)NC/C(O)=C\C1(CO)C=C(O)CN(C)CCN(C)C/C(O)=C\1.